The first-order valence-corrected chi connectivity index (χ1v) is 8.71. The Labute approximate surface area is 130 Å². The monoisotopic (exact) mass is 289 g/mol. The van der Waals surface area contributed by atoms with E-state index < -0.39 is 0 Å². The molecule has 1 aromatic rings. The van der Waals surface area contributed by atoms with E-state index in [4.69, 9.17) is 4.74 Å². The predicted molar refractivity (Wildman–Crippen MR) is 89.9 cm³/mol. The van der Waals surface area contributed by atoms with Gasteiger partial charge in [0.1, 0.15) is 11.9 Å². The van der Waals surface area contributed by atoms with Crippen LogP contribution in [-0.4, -0.2) is 18.7 Å². The summed E-state index contributed by atoms with van der Waals surface area (Å²) in [4.78, 5) is 0. The van der Waals surface area contributed by atoms with Crippen molar-refractivity contribution in [3.63, 3.8) is 0 Å². The molecule has 3 unspecified atom stereocenters. The average Bonchev–Trinajstić information content (AvgIpc) is 2.50. The van der Waals surface area contributed by atoms with Crippen LogP contribution in [0.1, 0.15) is 58.4 Å². The molecular formula is C19H31NO. The zero-order chi connectivity index (χ0) is 15.1. The van der Waals surface area contributed by atoms with Crippen LogP contribution in [0.2, 0.25) is 0 Å². The first-order chi connectivity index (χ1) is 10.2. The Morgan fingerprint density at radius 3 is 2.52 bits per heavy atom. The highest BCUT2D eigenvalue weighted by atomic mass is 16.5. The normalized spacial score (nSPS) is 23.8. The summed E-state index contributed by atoms with van der Waals surface area (Å²) in [5, 5.41) is 3.46. The van der Waals surface area contributed by atoms with Gasteiger partial charge in [-0.1, -0.05) is 32.4 Å². The standard InChI is InChI=1S/C19H31NO/c1-4-17-8-6-7-9-19(17)21-18-12-10-16(11-13-18)14-15(3)20-5-2/h10-13,15,17,19-20H,4-9,14H2,1-3H3. The summed E-state index contributed by atoms with van der Waals surface area (Å²) < 4.78 is 6.25. The van der Waals surface area contributed by atoms with Crippen LogP contribution in [0.15, 0.2) is 24.3 Å². The van der Waals surface area contributed by atoms with Gasteiger partial charge >= 0.3 is 0 Å². The van der Waals surface area contributed by atoms with Crippen LogP contribution < -0.4 is 10.1 Å². The maximum Gasteiger partial charge on any atom is 0.119 e. The largest absolute Gasteiger partial charge is 0.490 e. The van der Waals surface area contributed by atoms with Gasteiger partial charge in [-0.2, -0.15) is 0 Å². The lowest BCUT2D eigenvalue weighted by Crippen LogP contribution is -2.30. The molecule has 0 aromatic heterocycles. The van der Waals surface area contributed by atoms with Gasteiger partial charge in [-0.15, -0.1) is 0 Å². The quantitative estimate of drug-likeness (QED) is 0.793. The predicted octanol–water partition coefficient (Wildman–Crippen LogP) is 4.57. The summed E-state index contributed by atoms with van der Waals surface area (Å²) >= 11 is 0. The summed E-state index contributed by atoms with van der Waals surface area (Å²) in [5.74, 6) is 1.78. The molecule has 0 radical (unpaired) electrons. The smallest absolute Gasteiger partial charge is 0.119 e. The third kappa shape index (κ3) is 5.03. The summed E-state index contributed by atoms with van der Waals surface area (Å²) in [6, 6.07) is 9.26. The highest BCUT2D eigenvalue weighted by Gasteiger charge is 2.25. The topological polar surface area (TPSA) is 21.3 Å². The van der Waals surface area contributed by atoms with Crippen molar-refractivity contribution in [2.24, 2.45) is 5.92 Å². The molecule has 1 fully saturated rings. The van der Waals surface area contributed by atoms with E-state index in [1.807, 2.05) is 0 Å². The number of nitrogens with one attached hydrogen (secondary N) is 1. The minimum atomic E-state index is 0.426. The molecule has 118 valence electrons. The average molecular weight is 289 g/mol. The van der Waals surface area contributed by atoms with Crippen molar-refractivity contribution < 1.29 is 4.74 Å². The minimum Gasteiger partial charge on any atom is -0.490 e. The fourth-order valence-corrected chi connectivity index (χ4v) is 3.45. The number of hydrogen-bond acceptors (Lipinski definition) is 2. The van der Waals surface area contributed by atoms with Crippen molar-refractivity contribution in [2.75, 3.05) is 6.54 Å². The van der Waals surface area contributed by atoms with Gasteiger partial charge in [-0.25, -0.2) is 0 Å². The number of ether oxygens (including phenoxy) is 1. The molecule has 0 saturated heterocycles. The zero-order valence-electron chi connectivity index (χ0n) is 13.9. The Morgan fingerprint density at radius 1 is 1.14 bits per heavy atom. The zero-order valence-corrected chi connectivity index (χ0v) is 13.9. The maximum absolute atomic E-state index is 6.25. The fourth-order valence-electron chi connectivity index (χ4n) is 3.45. The van der Waals surface area contributed by atoms with Gasteiger partial charge in [0, 0.05) is 6.04 Å². The van der Waals surface area contributed by atoms with Crippen molar-refractivity contribution in [2.45, 2.75) is 71.4 Å². The molecule has 2 rings (SSSR count). The van der Waals surface area contributed by atoms with Crippen molar-refractivity contribution >= 4 is 0 Å². The molecule has 0 heterocycles. The van der Waals surface area contributed by atoms with E-state index in [1.165, 1.54) is 37.7 Å². The van der Waals surface area contributed by atoms with Crippen LogP contribution >= 0.6 is 0 Å². The Morgan fingerprint density at radius 2 is 1.86 bits per heavy atom. The van der Waals surface area contributed by atoms with Crippen LogP contribution in [0, 0.1) is 5.92 Å². The Balaban J connectivity index is 1.89. The van der Waals surface area contributed by atoms with Crippen molar-refractivity contribution in [1.29, 1.82) is 0 Å². The third-order valence-corrected chi connectivity index (χ3v) is 4.67. The second-order valence-corrected chi connectivity index (χ2v) is 6.42. The Hall–Kier alpha value is -1.02. The van der Waals surface area contributed by atoms with Crippen LogP contribution in [0.4, 0.5) is 0 Å². The van der Waals surface area contributed by atoms with Crippen LogP contribution in [0.3, 0.4) is 0 Å². The second-order valence-electron chi connectivity index (χ2n) is 6.42. The highest BCUT2D eigenvalue weighted by molar-refractivity contribution is 5.28. The highest BCUT2D eigenvalue weighted by Crippen LogP contribution is 2.30. The summed E-state index contributed by atoms with van der Waals surface area (Å²) in [6.45, 7) is 7.71. The first-order valence-electron chi connectivity index (χ1n) is 8.71. The van der Waals surface area contributed by atoms with Crippen molar-refractivity contribution in [1.82, 2.24) is 5.32 Å². The van der Waals surface area contributed by atoms with Gasteiger partial charge in [0.15, 0.2) is 0 Å². The van der Waals surface area contributed by atoms with Gasteiger partial charge in [-0.3, -0.25) is 0 Å². The van der Waals surface area contributed by atoms with E-state index in [2.05, 4.69) is 50.4 Å². The Kier molecular flexibility index (Phi) is 6.56. The van der Waals surface area contributed by atoms with E-state index in [0.717, 1.165) is 24.6 Å². The van der Waals surface area contributed by atoms with E-state index in [1.54, 1.807) is 0 Å². The third-order valence-electron chi connectivity index (χ3n) is 4.67. The number of rotatable bonds is 7. The van der Waals surface area contributed by atoms with Gasteiger partial charge in [0.05, 0.1) is 0 Å². The molecule has 0 spiro atoms. The lowest BCUT2D eigenvalue weighted by molar-refractivity contribution is 0.0904. The van der Waals surface area contributed by atoms with Gasteiger partial charge in [0.25, 0.3) is 0 Å². The van der Waals surface area contributed by atoms with Gasteiger partial charge < -0.3 is 10.1 Å². The van der Waals surface area contributed by atoms with Crippen LogP contribution in [-0.2, 0) is 6.42 Å². The van der Waals surface area contributed by atoms with E-state index in [0.29, 0.717) is 12.1 Å². The molecule has 0 bridgehead atoms. The molecule has 1 saturated carbocycles. The molecule has 3 atom stereocenters. The molecule has 2 nitrogen and oxygen atoms in total. The number of hydrogen-bond donors (Lipinski definition) is 1. The van der Waals surface area contributed by atoms with Gasteiger partial charge in [-0.05, 0) is 69.2 Å². The van der Waals surface area contributed by atoms with Crippen molar-refractivity contribution in [3.05, 3.63) is 29.8 Å². The Bertz CT molecular complexity index is 401. The maximum atomic E-state index is 6.25. The lowest BCUT2D eigenvalue weighted by atomic mass is 9.85. The van der Waals surface area contributed by atoms with E-state index in [-0.39, 0.29) is 0 Å². The van der Waals surface area contributed by atoms with E-state index in [9.17, 15) is 0 Å². The number of benzene rings is 1. The first kappa shape index (κ1) is 16.4. The molecular weight excluding hydrogens is 258 g/mol. The van der Waals surface area contributed by atoms with E-state index >= 15 is 0 Å². The number of likely N-dealkylation sites (N-methyl/N-ethyl adjacent to an activating group) is 1. The van der Waals surface area contributed by atoms with Crippen LogP contribution in [0.5, 0.6) is 5.75 Å². The molecule has 1 aliphatic rings. The molecule has 1 N–H and O–H groups in total. The minimum absolute atomic E-state index is 0.426. The molecule has 0 amide bonds. The second kappa shape index (κ2) is 8.43. The molecule has 2 heteroatoms. The summed E-state index contributed by atoms with van der Waals surface area (Å²) in [6.07, 6.45) is 7.99. The summed E-state index contributed by atoms with van der Waals surface area (Å²) in [7, 11) is 0. The molecule has 0 aliphatic heterocycles. The van der Waals surface area contributed by atoms with Crippen molar-refractivity contribution in [3.8, 4) is 5.75 Å². The molecule has 1 aliphatic carbocycles. The van der Waals surface area contributed by atoms with Gasteiger partial charge in [0.2, 0.25) is 0 Å². The SMILES string of the molecule is CCNC(C)Cc1ccc(OC2CCCCC2CC)cc1. The lowest BCUT2D eigenvalue weighted by Gasteiger charge is -2.31. The molecule has 21 heavy (non-hydrogen) atoms. The van der Waals surface area contributed by atoms with Crippen LogP contribution in [0.25, 0.3) is 0 Å². The molecule has 1 aromatic carbocycles. The fraction of sp³-hybridized carbons (Fsp3) is 0.684. The summed E-state index contributed by atoms with van der Waals surface area (Å²) in [5.41, 5.74) is 1.38.